The second-order valence-electron chi connectivity index (χ2n) is 4.66. The van der Waals surface area contributed by atoms with E-state index in [-0.39, 0.29) is 6.04 Å². The molecule has 0 fully saturated rings. The van der Waals surface area contributed by atoms with Crippen molar-refractivity contribution in [1.29, 1.82) is 5.26 Å². The molecule has 0 bridgehead atoms. The van der Waals surface area contributed by atoms with E-state index in [4.69, 9.17) is 9.15 Å². The van der Waals surface area contributed by atoms with E-state index in [9.17, 15) is 5.26 Å². The van der Waals surface area contributed by atoms with Crippen LogP contribution < -0.4 is 10.1 Å². The third-order valence-electron chi connectivity index (χ3n) is 3.16. The highest BCUT2D eigenvalue weighted by atomic mass is 16.5. The van der Waals surface area contributed by atoms with Gasteiger partial charge in [0.25, 0.3) is 0 Å². The number of nitrogens with one attached hydrogen (secondary N) is 1. The summed E-state index contributed by atoms with van der Waals surface area (Å²) >= 11 is 0. The van der Waals surface area contributed by atoms with Crippen LogP contribution in [0.5, 0.6) is 5.75 Å². The van der Waals surface area contributed by atoms with Crippen LogP contribution in [0.4, 0.5) is 5.69 Å². The lowest BCUT2D eigenvalue weighted by Crippen LogP contribution is -2.17. The van der Waals surface area contributed by atoms with Gasteiger partial charge in [-0.2, -0.15) is 5.26 Å². The Labute approximate surface area is 119 Å². The van der Waals surface area contributed by atoms with Gasteiger partial charge in [-0.05, 0) is 37.6 Å². The van der Waals surface area contributed by atoms with Crippen molar-refractivity contribution in [2.45, 2.75) is 25.8 Å². The number of ether oxygens (including phenoxy) is 1. The first-order valence-electron chi connectivity index (χ1n) is 6.60. The minimum absolute atomic E-state index is 0.212. The molecule has 0 saturated heterocycles. The minimum Gasteiger partial charge on any atom is -0.495 e. The summed E-state index contributed by atoms with van der Waals surface area (Å²) < 4.78 is 10.6. The van der Waals surface area contributed by atoms with E-state index < -0.39 is 0 Å². The lowest BCUT2D eigenvalue weighted by molar-refractivity contribution is 0.415. The third kappa shape index (κ3) is 3.33. The zero-order valence-corrected chi connectivity index (χ0v) is 11.7. The summed E-state index contributed by atoms with van der Waals surface area (Å²) in [6, 6.07) is 11.7. The molecule has 0 aliphatic carbocycles. The van der Waals surface area contributed by atoms with Gasteiger partial charge in [0.1, 0.15) is 17.6 Å². The number of hydrogen-bond acceptors (Lipinski definition) is 4. The van der Waals surface area contributed by atoms with Crippen molar-refractivity contribution in [2.24, 2.45) is 0 Å². The molecule has 1 heterocycles. The van der Waals surface area contributed by atoms with Gasteiger partial charge in [0.15, 0.2) is 0 Å². The second-order valence-corrected chi connectivity index (χ2v) is 4.66. The Morgan fingerprint density at radius 2 is 2.20 bits per heavy atom. The summed E-state index contributed by atoms with van der Waals surface area (Å²) in [4.78, 5) is 0. The maximum absolute atomic E-state index is 9.17. The van der Waals surface area contributed by atoms with Crippen LogP contribution in [0.3, 0.4) is 0 Å². The molecule has 0 saturated carbocycles. The van der Waals surface area contributed by atoms with Gasteiger partial charge in [-0.15, -0.1) is 0 Å². The van der Waals surface area contributed by atoms with Crippen molar-refractivity contribution in [3.05, 3.63) is 47.9 Å². The van der Waals surface area contributed by atoms with E-state index in [2.05, 4.69) is 18.3 Å². The molecule has 4 nitrogen and oxygen atoms in total. The molecule has 2 aromatic rings. The van der Waals surface area contributed by atoms with E-state index in [1.165, 1.54) is 0 Å². The minimum atomic E-state index is 0.212. The van der Waals surface area contributed by atoms with Crippen LogP contribution >= 0.6 is 0 Å². The lowest BCUT2D eigenvalue weighted by Gasteiger charge is -2.18. The maximum atomic E-state index is 9.17. The number of nitrogens with zero attached hydrogens (tertiary/aromatic N) is 1. The first kappa shape index (κ1) is 14.0. The van der Waals surface area contributed by atoms with Crippen LogP contribution in [0.1, 0.15) is 24.7 Å². The fourth-order valence-electron chi connectivity index (χ4n) is 2.08. The van der Waals surface area contributed by atoms with Crippen molar-refractivity contribution in [1.82, 2.24) is 0 Å². The zero-order valence-electron chi connectivity index (χ0n) is 11.7. The highest BCUT2D eigenvalue weighted by Gasteiger charge is 2.12. The van der Waals surface area contributed by atoms with Gasteiger partial charge in [0, 0.05) is 12.5 Å². The summed E-state index contributed by atoms with van der Waals surface area (Å²) in [6.45, 7) is 2.08. The Bertz CT molecular complexity index is 585. The molecule has 4 heteroatoms. The molecule has 104 valence electrons. The van der Waals surface area contributed by atoms with Gasteiger partial charge < -0.3 is 14.5 Å². The largest absolute Gasteiger partial charge is 0.495 e. The summed E-state index contributed by atoms with van der Waals surface area (Å²) in [5.41, 5.74) is 1.35. The quantitative estimate of drug-likeness (QED) is 0.871. The maximum Gasteiger partial charge on any atom is 0.143 e. The smallest absolute Gasteiger partial charge is 0.143 e. The van der Waals surface area contributed by atoms with Crippen LogP contribution in [-0.2, 0) is 6.42 Å². The molecule has 1 N–H and O–H groups in total. The van der Waals surface area contributed by atoms with E-state index in [0.29, 0.717) is 11.3 Å². The monoisotopic (exact) mass is 270 g/mol. The van der Waals surface area contributed by atoms with Crippen molar-refractivity contribution in [2.75, 3.05) is 12.4 Å². The van der Waals surface area contributed by atoms with Crippen molar-refractivity contribution in [3.8, 4) is 11.8 Å². The van der Waals surface area contributed by atoms with Gasteiger partial charge in [0.2, 0.25) is 0 Å². The van der Waals surface area contributed by atoms with Gasteiger partial charge in [-0.1, -0.05) is 6.07 Å². The Morgan fingerprint density at radius 1 is 1.35 bits per heavy atom. The number of methoxy groups -OCH3 is 1. The SMILES string of the molecule is COc1cccc(C#N)c1NC(C)CCc1ccco1. The number of benzene rings is 1. The molecule has 0 amide bonds. The predicted octanol–water partition coefficient (Wildman–Crippen LogP) is 3.59. The molecule has 1 unspecified atom stereocenters. The summed E-state index contributed by atoms with van der Waals surface area (Å²) in [5.74, 6) is 1.66. The molecule has 0 aliphatic rings. The molecular formula is C16H18N2O2. The summed E-state index contributed by atoms with van der Waals surface area (Å²) in [6.07, 6.45) is 3.45. The molecule has 20 heavy (non-hydrogen) atoms. The number of furan rings is 1. The lowest BCUT2D eigenvalue weighted by atomic mass is 10.1. The highest BCUT2D eigenvalue weighted by Crippen LogP contribution is 2.28. The summed E-state index contributed by atoms with van der Waals surface area (Å²) in [5, 5.41) is 12.5. The second kappa shape index (κ2) is 6.67. The number of hydrogen-bond donors (Lipinski definition) is 1. The average molecular weight is 270 g/mol. The zero-order chi connectivity index (χ0) is 14.4. The fraction of sp³-hybridized carbons (Fsp3) is 0.312. The number of rotatable bonds is 6. The molecule has 0 spiro atoms. The van der Waals surface area contributed by atoms with Gasteiger partial charge in [0.05, 0.1) is 24.6 Å². The van der Waals surface area contributed by atoms with Crippen LogP contribution in [0, 0.1) is 11.3 Å². The number of para-hydroxylation sites is 1. The molecule has 1 aromatic heterocycles. The normalized spacial score (nSPS) is 11.7. The van der Waals surface area contributed by atoms with Crippen LogP contribution in [-0.4, -0.2) is 13.2 Å². The topological polar surface area (TPSA) is 58.2 Å². The molecule has 2 rings (SSSR count). The van der Waals surface area contributed by atoms with Crippen molar-refractivity contribution in [3.63, 3.8) is 0 Å². The van der Waals surface area contributed by atoms with Crippen LogP contribution in [0.2, 0.25) is 0 Å². The van der Waals surface area contributed by atoms with Crippen molar-refractivity contribution < 1.29 is 9.15 Å². The Morgan fingerprint density at radius 3 is 2.85 bits per heavy atom. The Hall–Kier alpha value is -2.41. The summed E-state index contributed by atoms with van der Waals surface area (Å²) in [7, 11) is 1.61. The molecule has 1 aromatic carbocycles. The highest BCUT2D eigenvalue weighted by molar-refractivity contribution is 5.66. The standard InChI is InChI=1S/C16H18N2O2/c1-12(8-9-14-6-4-10-20-14)18-16-13(11-17)5-3-7-15(16)19-2/h3-7,10,12,18H,8-9H2,1-2H3. The van der Waals surface area contributed by atoms with Crippen LogP contribution in [0.25, 0.3) is 0 Å². The number of anilines is 1. The van der Waals surface area contributed by atoms with E-state index in [1.807, 2.05) is 24.3 Å². The fourth-order valence-corrected chi connectivity index (χ4v) is 2.08. The number of aryl methyl sites for hydroxylation is 1. The van der Waals surface area contributed by atoms with E-state index in [1.54, 1.807) is 19.4 Å². The average Bonchev–Trinajstić information content (AvgIpc) is 2.98. The Balaban J connectivity index is 2.03. The third-order valence-corrected chi connectivity index (χ3v) is 3.16. The van der Waals surface area contributed by atoms with Gasteiger partial charge >= 0.3 is 0 Å². The molecule has 0 radical (unpaired) electrons. The molecule has 1 atom stereocenters. The van der Waals surface area contributed by atoms with E-state index in [0.717, 1.165) is 24.3 Å². The van der Waals surface area contributed by atoms with Gasteiger partial charge in [-0.3, -0.25) is 0 Å². The van der Waals surface area contributed by atoms with Gasteiger partial charge in [-0.25, -0.2) is 0 Å². The Kier molecular flexibility index (Phi) is 4.67. The number of nitriles is 1. The van der Waals surface area contributed by atoms with Crippen molar-refractivity contribution >= 4 is 5.69 Å². The predicted molar refractivity (Wildman–Crippen MR) is 77.8 cm³/mol. The molecule has 0 aliphatic heterocycles. The first-order chi connectivity index (χ1) is 9.74. The first-order valence-corrected chi connectivity index (χ1v) is 6.60. The molecular weight excluding hydrogens is 252 g/mol. The van der Waals surface area contributed by atoms with Crippen LogP contribution in [0.15, 0.2) is 41.0 Å². The van der Waals surface area contributed by atoms with E-state index >= 15 is 0 Å².